The first-order chi connectivity index (χ1) is 14.7. The number of hydrogen-bond donors (Lipinski definition) is 1. The third-order valence-electron chi connectivity index (χ3n) is 5.00. The second kappa shape index (κ2) is 7.61. The highest BCUT2D eigenvalue weighted by Gasteiger charge is 2.18. The SMILES string of the molecule is Nc1ncccc1-c1nc2ccc(-c3ccccc3)nc2n1-c1ccc(CCl)cc1. The Hall–Kier alpha value is -3.70. The van der Waals surface area contributed by atoms with Gasteiger partial charge in [0.25, 0.3) is 0 Å². The Balaban J connectivity index is 1.79. The first-order valence-electron chi connectivity index (χ1n) is 9.55. The van der Waals surface area contributed by atoms with Crippen LogP contribution in [-0.4, -0.2) is 19.5 Å². The Morgan fingerprint density at radius 2 is 1.63 bits per heavy atom. The van der Waals surface area contributed by atoms with Crippen molar-refractivity contribution in [3.8, 4) is 28.3 Å². The molecule has 0 amide bonds. The fourth-order valence-corrected chi connectivity index (χ4v) is 3.67. The van der Waals surface area contributed by atoms with Crippen LogP contribution >= 0.6 is 11.6 Å². The maximum Gasteiger partial charge on any atom is 0.165 e. The molecule has 0 bridgehead atoms. The summed E-state index contributed by atoms with van der Waals surface area (Å²) in [5.41, 5.74) is 12.4. The minimum Gasteiger partial charge on any atom is -0.383 e. The molecule has 5 rings (SSSR count). The normalized spacial score (nSPS) is 11.1. The molecule has 0 saturated carbocycles. The molecular formula is C24H18ClN5. The average Bonchev–Trinajstić information content (AvgIpc) is 3.18. The predicted octanol–water partition coefficient (Wildman–Crippen LogP) is 5.47. The largest absolute Gasteiger partial charge is 0.383 e. The van der Waals surface area contributed by atoms with E-state index in [1.54, 1.807) is 6.20 Å². The van der Waals surface area contributed by atoms with Gasteiger partial charge in [-0.25, -0.2) is 15.0 Å². The number of fused-ring (bicyclic) bond motifs is 1. The van der Waals surface area contributed by atoms with E-state index >= 15 is 0 Å². The number of pyridine rings is 2. The van der Waals surface area contributed by atoms with E-state index in [2.05, 4.69) is 4.98 Å². The number of halogens is 1. The molecule has 0 aliphatic rings. The number of anilines is 1. The highest BCUT2D eigenvalue weighted by Crippen LogP contribution is 2.31. The minimum absolute atomic E-state index is 0.426. The van der Waals surface area contributed by atoms with E-state index in [0.29, 0.717) is 17.5 Å². The number of nitrogen functional groups attached to an aromatic ring is 1. The van der Waals surface area contributed by atoms with Gasteiger partial charge in [-0.05, 0) is 42.0 Å². The molecule has 0 atom stereocenters. The van der Waals surface area contributed by atoms with Crippen LogP contribution in [0.2, 0.25) is 0 Å². The fraction of sp³-hybridized carbons (Fsp3) is 0.0417. The summed E-state index contributed by atoms with van der Waals surface area (Å²) in [5.74, 6) is 1.59. The van der Waals surface area contributed by atoms with Gasteiger partial charge in [-0.1, -0.05) is 42.5 Å². The molecule has 0 saturated heterocycles. The van der Waals surface area contributed by atoms with Crippen molar-refractivity contribution in [3.05, 3.63) is 90.6 Å². The van der Waals surface area contributed by atoms with Gasteiger partial charge in [-0.15, -0.1) is 11.6 Å². The molecule has 0 fully saturated rings. The molecule has 30 heavy (non-hydrogen) atoms. The number of alkyl halides is 1. The lowest BCUT2D eigenvalue weighted by Gasteiger charge is -2.11. The molecular weight excluding hydrogens is 394 g/mol. The Morgan fingerprint density at radius 1 is 0.833 bits per heavy atom. The summed E-state index contributed by atoms with van der Waals surface area (Å²) in [4.78, 5) is 14.0. The van der Waals surface area contributed by atoms with Gasteiger partial charge in [0.15, 0.2) is 11.5 Å². The summed E-state index contributed by atoms with van der Waals surface area (Å²) in [6.45, 7) is 0. The fourth-order valence-electron chi connectivity index (χ4n) is 3.49. The van der Waals surface area contributed by atoms with E-state index in [9.17, 15) is 0 Å². The number of nitrogens with zero attached hydrogens (tertiary/aromatic N) is 4. The van der Waals surface area contributed by atoms with Gasteiger partial charge in [0.2, 0.25) is 0 Å². The van der Waals surface area contributed by atoms with Crippen LogP contribution in [0.5, 0.6) is 0 Å². The molecule has 3 aromatic heterocycles. The van der Waals surface area contributed by atoms with Gasteiger partial charge in [0.05, 0.1) is 11.3 Å². The zero-order chi connectivity index (χ0) is 20.5. The number of nitrogens with two attached hydrogens (primary N) is 1. The number of benzene rings is 2. The third-order valence-corrected chi connectivity index (χ3v) is 5.31. The first-order valence-corrected chi connectivity index (χ1v) is 10.1. The van der Waals surface area contributed by atoms with Gasteiger partial charge in [0.1, 0.15) is 11.3 Å². The van der Waals surface area contributed by atoms with Crippen molar-refractivity contribution >= 4 is 28.6 Å². The standard InChI is InChI=1S/C24H18ClN5/c25-15-16-8-10-18(11-9-16)30-23(19-7-4-14-27-22(19)26)29-21-13-12-20(28-24(21)30)17-5-2-1-3-6-17/h1-14H,15H2,(H2,26,27). The quantitative estimate of drug-likeness (QED) is 0.398. The van der Waals surface area contributed by atoms with Crippen LogP contribution in [0.1, 0.15) is 5.56 Å². The molecule has 0 spiro atoms. The number of hydrogen-bond acceptors (Lipinski definition) is 4. The molecule has 5 nitrogen and oxygen atoms in total. The predicted molar refractivity (Wildman–Crippen MR) is 122 cm³/mol. The number of rotatable bonds is 4. The van der Waals surface area contributed by atoms with E-state index in [0.717, 1.165) is 39.2 Å². The summed E-state index contributed by atoms with van der Waals surface area (Å²) in [7, 11) is 0. The van der Waals surface area contributed by atoms with Crippen LogP contribution in [0.4, 0.5) is 5.82 Å². The first kappa shape index (κ1) is 18.3. The zero-order valence-corrected chi connectivity index (χ0v) is 16.8. The van der Waals surface area contributed by atoms with Crippen LogP contribution < -0.4 is 5.73 Å². The smallest absolute Gasteiger partial charge is 0.165 e. The Morgan fingerprint density at radius 3 is 2.37 bits per heavy atom. The van der Waals surface area contributed by atoms with Crippen molar-refractivity contribution < 1.29 is 0 Å². The molecule has 0 aliphatic heterocycles. The Labute approximate surface area is 178 Å². The van der Waals surface area contributed by atoms with Gasteiger partial charge in [-0.2, -0.15) is 0 Å². The van der Waals surface area contributed by atoms with Crippen LogP contribution in [-0.2, 0) is 5.88 Å². The molecule has 0 radical (unpaired) electrons. The number of imidazole rings is 1. The van der Waals surface area contributed by atoms with Crippen molar-refractivity contribution in [1.82, 2.24) is 19.5 Å². The summed E-state index contributed by atoms with van der Waals surface area (Å²) >= 11 is 5.98. The van der Waals surface area contributed by atoms with Crippen molar-refractivity contribution in [2.75, 3.05) is 5.73 Å². The average molecular weight is 412 g/mol. The molecule has 2 N–H and O–H groups in total. The van der Waals surface area contributed by atoms with Crippen molar-refractivity contribution in [2.24, 2.45) is 0 Å². The second-order valence-corrected chi connectivity index (χ2v) is 7.18. The van der Waals surface area contributed by atoms with Crippen molar-refractivity contribution in [3.63, 3.8) is 0 Å². The van der Waals surface area contributed by atoms with E-state index in [-0.39, 0.29) is 0 Å². The van der Waals surface area contributed by atoms with Crippen LogP contribution in [0, 0.1) is 0 Å². The monoisotopic (exact) mass is 411 g/mol. The molecule has 146 valence electrons. The van der Waals surface area contributed by atoms with Crippen LogP contribution in [0.25, 0.3) is 39.5 Å². The van der Waals surface area contributed by atoms with Gasteiger partial charge >= 0.3 is 0 Å². The van der Waals surface area contributed by atoms with E-state index < -0.39 is 0 Å². The zero-order valence-electron chi connectivity index (χ0n) is 16.0. The van der Waals surface area contributed by atoms with Crippen molar-refractivity contribution in [2.45, 2.75) is 5.88 Å². The third kappa shape index (κ3) is 3.19. The van der Waals surface area contributed by atoms with Gasteiger partial charge < -0.3 is 5.73 Å². The molecule has 3 heterocycles. The lowest BCUT2D eigenvalue weighted by molar-refractivity contribution is 1.07. The maximum atomic E-state index is 6.19. The van der Waals surface area contributed by atoms with Gasteiger partial charge in [0, 0.05) is 23.3 Å². The maximum absolute atomic E-state index is 6.19. The lowest BCUT2D eigenvalue weighted by atomic mass is 10.1. The minimum atomic E-state index is 0.426. The molecule has 0 unspecified atom stereocenters. The van der Waals surface area contributed by atoms with Crippen LogP contribution in [0.15, 0.2) is 85.1 Å². The van der Waals surface area contributed by atoms with E-state index in [4.69, 9.17) is 27.3 Å². The topological polar surface area (TPSA) is 69.6 Å². The summed E-state index contributed by atoms with van der Waals surface area (Å²) in [6.07, 6.45) is 1.67. The van der Waals surface area contributed by atoms with E-state index in [1.165, 1.54) is 0 Å². The Bertz CT molecular complexity index is 1330. The summed E-state index contributed by atoms with van der Waals surface area (Å²) < 4.78 is 2.02. The Kier molecular flexibility index (Phi) is 4.65. The molecule has 2 aromatic carbocycles. The van der Waals surface area contributed by atoms with Crippen molar-refractivity contribution in [1.29, 1.82) is 0 Å². The number of aromatic nitrogens is 4. The summed E-state index contributed by atoms with van der Waals surface area (Å²) in [6, 6.07) is 25.9. The molecule has 0 aliphatic carbocycles. The van der Waals surface area contributed by atoms with Gasteiger partial charge in [-0.3, -0.25) is 4.57 Å². The lowest BCUT2D eigenvalue weighted by Crippen LogP contribution is -2.02. The second-order valence-electron chi connectivity index (χ2n) is 6.91. The molecule has 5 aromatic rings. The molecule has 6 heteroatoms. The van der Waals surface area contributed by atoms with Crippen LogP contribution in [0.3, 0.4) is 0 Å². The van der Waals surface area contributed by atoms with E-state index in [1.807, 2.05) is 83.4 Å². The highest BCUT2D eigenvalue weighted by molar-refractivity contribution is 6.17. The highest BCUT2D eigenvalue weighted by atomic mass is 35.5. The summed E-state index contributed by atoms with van der Waals surface area (Å²) in [5, 5.41) is 0.